The Bertz CT molecular complexity index is 701. The number of carboxylic acids is 1. The third kappa shape index (κ3) is 7.98. The average molecular weight is 460 g/mol. The summed E-state index contributed by atoms with van der Waals surface area (Å²) in [5.74, 6) is -0.347. The molecule has 0 fully saturated rings. The van der Waals surface area contributed by atoms with Gasteiger partial charge < -0.3 is 20.1 Å². The van der Waals surface area contributed by atoms with E-state index in [0.717, 1.165) is 6.42 Å². The molecule has 2 aliphatic carbocycles. The summed E-state index contributed by atoms with van der Waals surface area (Å²) in [7, 11) is 0. The second-order valence-corrected chi connectivity index (χ2v) is 10.2. The van der Waals surface area contributed by atoms with Crippen molar-refractivity contribution < 1.29 is 29.6 Å². The molecule has 7 atom stereocenters. The summed E-state index contributed by atoms with van der Waals surface area (Å²) in [5, 5.41) is 29.0. The Kier molecular flexibility index (Phi) is 11.7. The van der Waals surface area contributed by atoms with Crippen LogP contribution in [0.3, 0.4) is 0 Å². The van der Waals surface area contributed by atoms with Gasteiger partial charge >= 0.3 is 11.9 Å². The molecule has 0 spiro atoms. The van der Waals surface area contributed by atoms with E-state index < -0.39 is 23.6 Å². The number of hydrogen-bond donors (Lipinski definition) is 3. The van der Waals surface area contributed by atoms with Crippen molar-refractivity contribution in [1.29, 1.82) is 0 Å². The number of ether oxygens (including phenoxy) is 1. The number of carbonyl (C=O) groups is 2. The fraction of sp³-hybridized carbons (Fsp3) is 0.760. The second kappa shape index (κ2) is 12.7. The topological polar surface area (TPSA) is 104 Å². The van der Waals surface area contributed by atoms with E-state index in [0.29, 0.717) is 25.2 Å². The Labute approximate surface area is 214 Å². The number of carboxylic acid groups (broad SMARTS) is 1. The van der Waals surface area contributed by atoms with Gasteiger partial charge in [-0.25, -0.2) is 0 Å². The number of aliphatic hydroxyl groups excluding tert-OH is 2. The van der Waals surface area contributed by atoms with Crippen LogP contribution in [0.1, 0.15) is 73.1 Å². The molecule has 2 rings (SSSR count). The normalized spacial score (nSPS) is 29.2. The maximum Gasteiger partial charge on any atom is 0.311 e. The summed E-state index contributed by atoms with van der Waals surface area (Å²) in [6, 6.07) is 0. The van der Waals surface area contributed by atoms with Gasteiger partial charge in [0.2, 0.25) is 0 Å². The van der Waals surface area contributed by atoms with Crippen LogP contribution in [0.15, 0.2) is 23.8 Å². The van der Waals surface area contributed by atoms with E-state index in [1.807, 2.05) is 20.8 Å². The summed E-state index contributed by atoms with van der Waals surface area (Å²) in [6.07, 6.45) is 6.98. The fourth-order valence-corrected chi connectivity index (χ4v) is 4.76. The van der Waals surface area contributed by atoms with Gasteiger partial charge in [-0.15, -0.1) is 0 Å². The molecular weight excluding hydrogens is 419 g/mol. The van der Waals surface area contributed by atoms with Crippen LogP contribution >= 0.6 is 0 Å². The van der Waals surface area contributed by atoms with Crippen LogP contribution in [-0.2, 0) is 14.3 Å². The Morgan fingerprint density at radius 3 is 2.47 bits per heavy atom. The first-order valence-corrected chi connectivity index (χ1v) is 11.6. The molecule has 2 unspecified atom stereocenters. The molecule has 32 heavy (non-hydrogen) atoms. The van der Waals surface area contributed by atoms with Crippen molar-refractivity contribution in [1.82, 2.24) is 0 Å². The van der Waals surface area contributed by atoms with Crippen LogP contribution in [0, 0.1) is 29.1 Å². The molecule has 0 aromatic rings. The van der Waals surface area contributed by atoms with Gasteiger partial charge in [0.1, 0.15) is 6.10 Å². The number of fused-ring (bicyclic) bond motifs is 1. The van der Waals surface area contributed by atoms with E-state index in [1.165, 1.54) is 5.57 Å². The third-order valence-electron chi connectivity index (χ3n) is 7.08. The molecule has 177 valence electrons. The Morgan fingerprint density at radius 2 is 1.88 bits per heavy atom. The Morgan fingerprint density at radius 1 is 1.22 bits per heavy atom. The summed E-state index contributed by atoms with van der Waals surface area (Å²) >= 11 is 0. The molecule has 0 saturated carbocycles. The maximum absolute atomic E-state index is 12.8. The van der Waals surface area contributed by atoms with Gasteiger partial charge in [-0.05, 0) is 69.3 Å². The minimum atomic E-state index is -1.07. The minimum absolute atomic E-state index is 0. The van der Waals surface area contributed by atoms with E-state index >= 15 is 0 Å². The molecule has 7 heteroatoms. The maximum atomic E-state index is 12.8. The van der Waals surface area contributed by atoms with Gasteiger partial charge in [-0.1, -0.05) is 39.0 Å². The van der Waals surface area contributed by atoms with Gasteiger partial charge in [0.15, 0.2) is 0 Å². The molecule has 0 amide bonds. The molecule has 0 aromatic heterocycles. The van der Waals surface area contributed by atoms with Crippen LogP contribution in [0.2, 0.25) is 0 Å². The van der Waals surface area contributed by atoms with Crippen molar-refractivity contribution in [3.63, 3.8) is 0 Å². The van der Waals surface area contributed by atoms with Crippen molar-refractivity contribution in [2.75, 3.05) is 0 Å². The van der Waals surface area contributed by atoms with Crippen molar-refractivity contribution in [2.45, 2.75) is 91.5 Å². The standard InChI is InChI=1S/C25H40O6.Na/c1-6-25(4,5)24(30)31-21-12-15(2)11-17-8-7-16(3)20(23(17)21)10-9-18(26)13-19(27)14-22(28)29;/h7-8,11,15-16,18-21,23,26-27H,6,9-10,12-14H2,1-5H3,(H,28,29);/t15-,16-,18?,19+,20-,21-,23?;/m0./s1. The summed E-state index contributed by atoms with van der Waals surface area (Å²) in [6.45, 7) is 10.1. The zero-order valence-corrected chi connectivity index (χ0v) is 22.6. The number of carbonyl (C=O) groups excluding carboxylic acids is 1. The van der Waals surface area contributed by atoms with Gasteiger partial charge in [0.25, 0.3) is 0 Å². The van der Waals surface area contributed by atoms with E-state index in [4.69, 9.17) is 9.84 Å². The van der Waals surface area contributed by atoms with Gasteiger partial charge in [-0.3, -0.25) is 9.59 Å². The van der Waals surface area contributed by atoms with Crippen LogP contribution in [-0.4, -0.2) is 75.1 Å². The van der Waals surface area contributed by atoms with E-state index in [1.54, 1.807) is 0 Å². The summed E-state index contributed by atoms with van der Waals surface area (Å²) in [5.41, 5.74) is 0.682. The molecule has 6 nitrogen and oxygen atoms in total. The molecule has 0 saturated heterocycles. The number of aliphatic hydroxyl groups is 2. The number of allylic oxidation sites excluding steroid dienone is 3. The average Bonchev–Trinajstić information content (AvgIpc) is 2.66. The predicted octanol–water partition coefficient (Wildman–Crippen LogP) is 3.72. The quantitative estimate of drug-likeness (QED) is 0.340. The fourth-order valence-electron chi connectivity index (χ4n) is 4.76. The predicted molar refractivity (Wildman–Crippen MR) is 125 cm³/mol. The molecule has 0 heterocycles. The Balaban J connectivity index is 0.00000512. The van der Waals surface area contributed by atoms with E-state index in [9.17, 15) is 19.8 Å². The van der Waals surface area contributed by atoms with E-state index in [-0.39, 0.29) is 72.2 Å². The molecule has 0 bridgehead atoms. The van der Waals surface area contributed by atoms with Gasteiger partial charge in [0, 0.05) is 35.5 Å². The molecule has 2 aliphatic rings. The van der Waals surface area contributed by atoms with Crippen LogP contribution in [0.5, 0.6) is 0 Å². The van der Waals surface area contributed by atoms with Crippen molar-refractivity contribution in [2.24, 2.45) is 29.1 Å². The largest absolute Gasteiger partial charge is 0.481 e. The van der Waals surface area contributed by atoms with Crippen LogP contribution < -0.4 is 0 Å². The molecule has 0 aromatic carbocycles. The minimum Gasteiger partial charge on any atom is -0.481 e. The first-order valence-electron chi connectivity index (χ1n) is 11.6. The van der Waals surface area contributed by atoms with Crippen molar-refractivity contribution >= 4 is 41.5 Å². The number of rotatable bonds is 10. The molecule has 0 aliphatic heterocycles. The third-order valence-corrected chi connectivity index (χ3v) is 7.08. The SMILES string of the molecule is CCC(C)(C)C(=O)O[C@H]1C[C@@H](C)C=C2C=C[C@H](C)[C@H](CCC(O)C[C@@H](O)CC(=O)O)C21.[Na]. The van der Waals surface area contributed by atoms with Gasteiger partial charge in [0.05, 0.1) is 24.0 Å². The molecule has 1 radical (unpaired) electrons. The van der Waals surface area contributed by atoms with E-state index in [2.05, 4.69) is 32.1 Å². The van der Waals surface area contributed by atoms with Crippen molar-refractivity contribution in [3.05, 3.63) is 23.8 Å². The number of hydrogen-bond acceptors (Lipinski definition) is 5. The number of esters is 1. The van der Waals surface area contributed by atoms with Gasteiger partial charge in [-0.2, -0.15) is 0 Å². The van der Waals surface area contributed by atoms with Crippen LogP contribution in [0.25, 0.3) is 0 Å². The molecule has 3 N–H and O–H groups in total. The summed E-state index contributed by atoms with van der Waals surface area (Å²) in [4.78, 5) is 23.6. The summed E-state index contributed by atoms with van der Waals surface area (Å²) < 4.78 is 6.10. The zero-order valence-electron chi connectivity index (χ0n) is 20.6. The first-order chi connectivity index (χ1) is 14.4. The zero-order chi connectivity index (χ0) is 23.3. The Hall–Kier alpha value is -0.660. The monoisotopic (exact) mass is 459 g/mol. The van der Waals surface area contributed by atoms with Crippen molar-refractivity contribution in [3.8, 4) is 0 Å². The second-order valence-electron chi connectivity index (χ2n) is 10.2. The first kappa shape index (κ1) is 29.4. The smallest absolute Gasteiger partial charge is 0.311 e. The molecular formula is C25H40NaO6. The number of aliphatic carboxylic acids is 1. The van der Waals surface area contributed by atoms with Crippen LogP contribution in [0.4, 0.5) is 0 Å².